The molecule has 0 aliphatic rings. The smallest absolute Gasteiger partial charge is 0.384 e. The van der Waals surface area contributed by atoms with Gasteiger partial charge in [-0.1, -0.05) is 11.8 Å². The molecule has 0 spiro atoms. The van der Waals surface area contributed by atoms with Crippen molar-refractivity contribution in [1.82, 2.24) is 14.1 Å². The Balaban J connectivity index is 2.22. The molecule has 2 heterocycles. The highest BCUT2D eigenvalue weighted by Crippen LogP contribution is 2.29. The van der Waals surface area contributed by atoms with Crippen LogP contribution in [0.5, 0.6) is 0 Å². The third-order valence-corrected chi connectivity index (χ3v) is 4.35. The summed E-state index contributed by atoms with van der Waals surface area (Å²) >= 11 is 0.857. The van der Waals surface area contributed by atoms with Gasteiger partial charge in [0.25, 0.3) is 5.56 Å². The molecule has 0 aromatic carbocycles. The van der Waals surface area contributed by atoms with E-state index in [4.69, 9.17) is 5.73 Å². The number of pyridine rings is 1. The van der Waals surface area contributed by atoms with Gasteiger partial charge in [0.05, 0.1) is 16.3 Å². The van der Waals surface area contributed by atoms with Crippen LogP contribution in [0.4, 0.5) is 19.0 Å². The number of rotatable bonds is 4. The van der Waals surface area contributed by atoms with Crippen molar-refractivity contribution < 1.29 is 18.0 Å². The summed E-state index contributed by atoms with van der Waals surface area (Å²) in [6, 6.07) is 1.97. The Bertz CT molecular complexity index is 933. The van der Waals surface area contributed by atoms with E-state index in [1.807, 2.05) is 0 Å². The summed E-state index contributed by atoms with van der Waals surface area (Å²) in [5.74, 6) is -1.19. The van der Waals surface area contributed by atoms with E-state index in [0.717, 1.165) is 33.0 Å². The molecule has 0 aliphatic heterocycles. The standard InChI is InChI=1S/C14H13F3N4O3S/c1-20-11(18)10(12(23)21(2)13(20)24)8(22)6-25-9-4-3-7(5-19-9)14(15,16)17/h3-5H,6,18H2,1-2H3. The minimum atomic E-state index is -4.50. The lowest BCUT2D eigenvalue weighted by molar-refractivity contribution is -0.137. The third kappa shape index (κ3) is 3.76. The predicted molar refractivity (Wildman–Crippen MR) is 85.6 cm³/mol. The van der Waals surface area contributed by atoms with Gasteiger partial charge in [-0.2, -0.15) is 13.2 Å². The number of nitrogens with zero attached hydrogens (tertiary/aromatic N) is 3. The second kappa shape index (κ2) is 6.75. The summed E-state index contributed by atoms with van der Waals surface area (Å²) in [4.78, 5) is 39.7. The lowest BCUT2D eigenvalue weighted by Crippen LogP contribution is -2.41. The number of ketones is 1. The SMILES string of the molecule is Cn1c(N)c(C(=O)CSc2ccc(C(F)(F)F)cn2)c(=O)n(C)c1=O. The molecule has 0 unspecified atom stereocenters. The van der Waals surface area contributed by atoms with Crippen LogP contribution in [-0.4, -0.2) is 25.7 Å². The topological polar surface area (TPSA) is 100.0 Å². The Hall–Kier alpha value is -2.56. The van der Waals surface area contributed by atoms with E-state index in [-0.39, 0.29) is 22.2 Å². The van der Waals surface area contributed by atoms with Gasteiger partial charge in [-0.3, -0.25) is 18.7 Å². The molecule has 2 N–H and O–H groups in total. The van der Waals surface area contributed by atoms with Gasteiger partial charge in [0.2, 0.25) is 0 Å². The first-order valence-electron chi connectivity index (χ1n) is 6.78. The number of aromatic nitrogens is 3. The average molecular weight is 374 g/mol. The Morgan fingerprint density at radius 2 is 1.88 bits per heavy atom. The van der Waals surface area contributed by atoms with Gasteiger partial charge in [-0.05, 0) is 12.1 Å². The van der Waals surface area contributed by atoms with Crippen LogP contribution >= 0.6 is 11.8 Å². The summed E-state index contributed by atoms with van der Waals surface area (Å²) < 4.78 is 39.1. The van der Waals surface area contributed by atoms with Crippen molar-refractivity contribution in [3.8, 4) is 0 Å². The quantitative estimate of drug-likeness (QED) is 0.634. The number of carbonyl (C=O) groups excluding carboxylic acids is 1. The molecule has 0 atom stereocenters. The number of hydrogen-bond donors (Lipinski definition) is 1. The van der Waals surface area contributed by atoms with Crippen molar-refractivity contribution in [3.05, 3.63) is 50.3 Å². The zero-order chi connectivity index (χ0) is 18.9. The van der Waals surface area contributed by atoms with E-state index in [2.05, 4.69) is 4.98 Å². The number of thioether (sulfide) groups is 1. The van der Waals surface area contributed by atoms with Crippen LogP contribution in [0.3, 0.4) is 0 Å². The second-order valence-corrected chi connectivity index (χ2v) is 6.06. The maximum atomic E-state index is 12.5. The number of carbonyl (C=O) groups is 1. The van der Waals surface area contributed by atoms with Gasteiger partial charge in [-0.15, -0.1) is 0 Å². The lowest BCUT2D eigenvalue weighted by Gasteiger charge is -2.10. The second-order valence-electron chi connectivity index (χ2n) is 5.06. The van der Waals surface area contributed by atoms with E-state index in [9.17, 15) is 27.6 Å². The molecule has 0 aliphatic carbocycles. The van der Waals surface area contributed by atoms with Crippen molar-refractivity contribution in [3.63, 3.8) is 0 Å². The monoisotopic (exact) mass is 374 g/mol. The van der Waals surface area contributed by atoms with Crippen molar-refractivity contribution in [1.29, 1.82) is 0 Å². The molecule has 0 radical (unpaired) electrons. The van der Waals surface area contributed by atoms with Gasteiger partial charge in [0, 0.05) is 20.3 Å². The fraction of sp³-hybridized carbons (Fsp3) is 0.286. The molecule has 134 valence electrons. The molecule has 2 aromatic rings. The van der Waals surface area contributed by atoms with Crippen molar-refractivity contribution in [2.75, 3.05) is 11.5 Å². The fourth-order valence-corrected chi connectivity index (χ4v) is 2.68. The van der Waals surface area contributed by atoms with Gasteiger partial charge in [-0.25, -0.2) is 9.78 Å². The lowest BCUT2D eigenvalue weighted by atomic mass is 10.2. The molecular formula is C14H13F3N4O3S. The number of anilines is 1. The first kappa shape index (κ1) is 18.8. The van der Waals surface area contributed by atoms with Crippen LogP contribution in [0.2, 0.25) is 0 Å². The zero-order valence-electron chi connectivity index (χ0n) is 13.1. The molecule has 25 heavy (non-hydrogen) atoms. The molecule has 7 nitrogen and oxygen atoms in total. The largest absolute Gasteiger partial charge is 0.417 e. The number of halogens is 3. The van der Waals surface area contributed by atoms with Gasteiger partial charge < -0.3 is 5.73 Å². The predicted octanol–water partition coefficient (Wildman–Crippen LogP) is 1.05. The summed E-state index contributed by atoms with van der Waals surface area (Å²) in [6.07, 6.45) is -3.84. The highest BCUT2D eigenvalue weighted by atomic mass is 32.2. The van der Waals surface area contributed by atoms with Crippen LogP contribution in [0, 0.1) is 0 Å². The van der Waals surface area contributed by atoms with Gasteiger partial charge in [0.1, 0.15) is 11.4 Å². The van der Waals surface area contributed by atoms with E-state index >= 15 is 0 Å². The zero-order valence-corrected chi connectivity index (χ0v) is 13.9. The van der Waals surface area contributed by atoms with E-state index in [0.29, 0.717) is 6.20 Å². The number of nitrogen functional groups attached to an aromatic ring is 1. The number of nitrogens with two attached hydrogens (primary N) is 1. The Kier molecular flexibility index (Phi) is 5.07. The molecule has 0 amide bonds. The van der Waals surface area contributed by atoms with Crippen molar-refractivity contribution >= 4 is 23.4 Å². The summed E-state index contributed by atoms with van der Waals surface area (Å²) in [5, 5.41) is 0.182. The van der Waals surface area contributed by atoms with Crippen LogP contribution in [0.25, 0.3) is 0 Å². The summed E-state index contributed by atoms with van der Waals surface area (Å²) in [7, 11) is 2.53. The molecule has 11 heteroatoms. The Morgan fingerprint density at radius 3 is 2.40 bits per heavy atom. The minimum absolute atomic E-state index is 0.182. The van der Waals surface area contributed by atoms with Crippen molar-refractivity contribution in [2.24, 2.45) is 14.1 Å². The van der Waals surface area contributed by atoms with Crippen LogP contribution in [-0.2, 0) is 20.3 Å². The normalized spacial score (nSPS) is 11.6. The number of hydrogen-bond acceptors (Lipinski definition) is 6. The van der Waals surface area contributed by atoms with E-state index in [1.54, 1.807) is 0 Å². The van der Waals surface area contributed by atoms with Crippen LogP contribution in [0.1, 0.15) is 15.9 Å². The Morgan fingerprint density at radius 1 is 1.24 bits per heavy atom. The molecular weight excluding hydrogens is 361 g/mol. The Labute approximate surface area is 143 Å². The van der Waals surface area contributed by atoms with E-state index in [1.165, 1.54) is 14.1 Å². The molecule has 0 fully saturated rings. The maximum absolute atomic E-state index is 12.5. The first-order chi connectivity index (χ1) is 11.5. The summed E-state index contributed by atoms with van der Waals surface area (Å²) in [6.45, 7) is 0. The molecule has 2 rings (SSSR count). The van der Waals surface area contributed by atoms with Gasteiger partial charge >= 0.3 is 11.9 Å². The molecule has 0 saturated heterocycles. The fourth-order valence-electron chi connectivity index (χ4n) is 1.97. The average Bonchev–Trinajstić information content (AvgIpc) is 2.56. The minimum Gasteiger partial charge on any atom is -0.384 e. The summed E-state index contributed by atoms with van der Waals surface area (Å²) in [5.41, 5.74) is 2.93. The first-order valence-corrected chi connectivity index (χ1v) is 7.77. The molecule has 0 bridgehead atoms. The van der Waals surface area contributed by atoms with Crippen molar-refractivity contribution in [2.45, 2.75) is 11.2 Å². The number of Topliss-reactive ketones (excluding diaryl/α,β-unsaturated/α-hetero) is 1. The van der Waals surface area contributed by atoms with Gasteiger partial charge in [0.15, 0.2) is 5.78 Å². The third-order valence-electron chi connectivity index (χ3n) is 3.40. The molecule has 2 aromatic heterocycles. The highest BCUT2D eigenvalue weighted by Gasteiger charge is 2.30. The van der Waals surface area contributed by atoms with Crippen LogP contribution in [0.15, 0.2) is 32.9 Å². The maximum Gasteiger partial charge on any atom is 0.417 e. The number of alkyl halides is 3. The van der Waals surface area contributed by atoms with Crippen LogP contribution < -0.4 is 17.0 Å². The van der Waals surface area contributed by atoms with E-state index < -0.39 is 28.8 Å². The highest BCUT2D eigenvalue weighted by molar-refractivity contribution is 7.99. The molecule has 0 saturated carbocycles.